The number of alkyl halides is 3. The number of pyridine rings is 1. The van der Waals surface area contributed by atoms with Gasteiger partial charge in [-0.2, -0.15) is 13.2 Å². The summed E-state index contributed by atoms with van der Waals surface area (Å²) < 4.78 is 54.3. The van der Waals surface area contributed by atoms with Gasteiger partial charge in [-0.05, 0) is 43.0 Å². The quantitative estimate of drug-likeness (QED) is 0.536. The number of aryl methyl sites for hydroxylation is 1. The third-order valence-electron chi connectivity index (χ3n) is 5.73. The number of fused-ring (bicyclic) bond motifs is 1. The normalized spacial score (nSPS) is 18.4. The fourth-order valence-corrected chi connectivity index (χ4v) is 5.26. The first-order chi connectivity index (χ1) is 16.2. The fraction of sp³-hybridized carbons (Fsp3) is 0.375. The first kappa shape index (κ1) is 24.0. The van der Waals surface area contributed by atoms with E-state index in [9.17, 15) is 22.2 Å². The lowest BCUT2D eigenvalue weighted by Gasteiger charge is -2.24. The van der Waals surface area contributed by atoms with Gasteiger partial charge in [-0.15, -0.1) is 0 Å². The highest BCUT2D eigenvalue weighted by molar-refractivity contribution is 7.85. The van der Waals surface area contributed by atoms with Crippen molar-refractivity contribution in [1.82, 2.24) is 9.13 Å². The minimum Gasteiger partial charge on any atom is -0.382 e. The summed E-state index contributed by atoms with van der Waals surface area (Å²) in [4.78, 5) is 11.7. The van der Waals surface area contributed by atoms with Crippen molar-refractivity contribution in [2.45, 2.75) is 31.6 Å². The van der Waals surface area contributed by atoms with E-state index in [0.29, 0.717) is 28.1 Å². The fourth-order valence-electron chi connectivity index (χ4n) is 3.96. The Kier molecular flexibility index (Phi) is 7.03. The number of benzene rings is 1. The lowest BCUT2D eigenvalue weighted by molar-refractivity contribution is -0.140. The van der Waals surface area contributed by atoms with E-state index in [1.807, 2.05) is 6.07 Å². The molecule has 0 spiro atoms. The molecule has 10 heteroatoms. The molecule has 34 heavy (non-hydrogen) atoms. The van der Waals surface area contributed by atoms with Crippen molar-refractivity contribution in [3.05, 3.63) is 58.6 Å². The number of nitrogens with zero attached hydrogens (tertiary/aromatic N) is 2. The van der Waals surface area contributed by atoms with Crippen LogP contribution in [0.25, 0.3) is 10.9 Å². The average Bonchev–Trinajstić information content (AvgIpc) is 3.12. The van der Waals surface area contributed by atoms with Crippen LogP contribution in [-0.2, 0) is 24.4 Å². The van der Waals surface area contributed by atoms with Crippen molar-refractivity contribution < 1.29 is 17.4 Å². The Balaban J connectivity index is 1.60. The Bertz CT molecular complexity index is 1320. The molecule has 0 saturated carbocycles. The van der Waals surface area contributed by atoms with Crippen LogP contribution in [0.15, 0.2) is 47.4 Å². The molecule has 0 aliphatic carbocycles. The van der Waals surface area contributed by atoms with Gasteiger partial charge in [0, 0.05) is 64.4 Å². The molecule has 2 aromatic heterocycles. The molecule has 0 radical (unpaired) electrons. The van der Waals surface area contributed by atoms with Gasteiger partial charge in [0.1, 0.15) is 6.54 Å². The van der Waals surface area contributed by atoms with Gasteiger partial charge in [0.15, 0.2) is 0 Å². The van der Waals surface area contributed by atoms with Crippen molar-refractivity contribution in [1.29, 1.82) is 0 Å². The van der Waals surface area contributed by atoms with Crippen LogP contribution in [-0.4, -0.2) is 43.6 Å². The van der Waals surface area contributed by atoms with Gasteiger partial charge in [-0.1, -0.05) is 12.0 Å². The molecular formula is C24H25F3N4O2S. The topological polar surface area (TPSA) is 68.1 Å². The largest absolute Gasteiger partial charge is 0.406 e. The molecule has 180 valence electrons. The highest BCUT2D eigenvalue weighted by Crippen LogP contribution is 2.31. The van der Waals surface area contributed by atoms with Gasteiger partial charge in [-0.25, -0.2) is 0 Å². The minimum absolute atomic E-state index is 0.131. The van der Waals surface area contributed by atoms with Crippen LogP contribution in [0.1, 0.15) is 18.5 Å². The SMILES string of the molecule is Cn1ccc(NCC#Cc2cc3c(NC4CCS(=O)CC4)cccc3n2CC(F)(F)F)cc1=O. The number of aromatic nitrogens is 2. The number of nitrogens with one attached hydrogen (secondary N) is 2. The summed E-state index contributed by atoms with van der Waals surface area (Å²) in [5.41, 5.74) is 1.88. The second-order valence-electron chi connectivity index (χ2n) is 8.26. The van der Waals surface area contributed by atoms with Crippen molar-refractivity contribution in [3.63, 3.8) is 0 Å². The maximum absolute atomic E-state index is 13.4. The Labute approximate surface area is 197 Å². The van der Waals surface area contributed by atoms with E-state index in [-0.39, 0.29) is 23.8 Å². The van der Waals surface area contributed by atoms with Gasteiger partial charge in [0.05, 0.1) is 17.8 Å². The lowest BCUT2D eigenvalue weighted by atomic mass is 10.1. The predicted molar refractivity (Wildman–Crippen MR) is 130 cm³/mol. The zero-order valence-corrected chi connectivity index (χ0v) is 19.4. The van der Waals surface area contributed by atoms with Gasteiger partial charge in [0.25, 0.3) is 5.56 Å². The van der Waals surface area contributed by atoms with E-state index in [1.165, 1.54) is 15.2 Å². The molecule has 3 aromatic rings. The molecule has 1 aromatic carbocycles. The number of halogens is 3. The van der Waals surface area contributed by atoms with E-state index in [0.717, 1.165) is 18.5 Å². The Morgan fingerprint density at radius 1 is 1.18 bits per heavy atom. The summed E-state index contributed by atoms with van der Waals surface area (Å²) in [6.07, 6.45) is -1.26. The maximum Gasteiger partial charge on any atom is 0.406 e. The predicted octanol–water partition coefficient (Wildman–Crippen LogP) is 3.69. The first-order valence-corrected chi connectivity index (χ1v) is 12.4. The van der Waals surface area contributed by atoms with Gasteiger partial charge >= 0.3 is 6.18 Å². The second-order valence-corrected chi connectivity index (χ2v) is 9.95. The minimum atomic E-state index is -4.40. The second kappa shape index (κ2) is 9.97. The Morgan fingerprint density at radius 3 is 2.65 bits per heavy atom. The van der Waals surface area contributed by atoms with Gasteiger partial charge in [-0.3, -0.25) is 9.00 Å². The molecule has 3 heterocycles. The smallest absolute Gasteiger partial charge is 0.382 e. The molecule has 0 bridgehead atoms. The van der Waals surface area contributed by atoms with Crippen LogP contribution in [0.5, 0.6) is 0 Å². The number of hydrogen-bond acceptors (Lipinski definition) is 4. The van der Waals surface area contributed by atoms with Gasteiger partial charge in [0.2, 0.25) is 0 Å². The summed E-state index contributed by atoms with van der Waals surface area (Å²) in [7, 11) is 0.852. The van der Waals surface area contributed by atoms with Crippen LogP contribution < -0.4 is 16.2 Å². The highest BCUT2D eigenvalue weighted by atomic mass is 32.2. The summed E-state index contributed by atoms with van der Waals surface area (Å²) >= 11 is 0. The first-order valence-electron chi connectivity index (χ1n) is 10.9. The zero-order valence-electron chi connectivity index (χ0n) is 18.6. The zero-order chi connectivity index (χ0) is 24.3. The molecule has 1 saturated heterocycles. The average molecular weight is 491 g/mol. The monoisotopic (exact) mass is 490 g/mol. The molecule has 1 fully saturated rings. The molecule has 2 N–H and O–H groups in total. The van der Waals surface area contributed by atoms with Crippen molar-refractivity contribution in [2.24, 2.45) is 7.05 Å². The molecular weight excluding hydrogens is 465 g/mol. The molecule has 1 aliphatic rings. The third kappa shape index (κ3) is 5.83. The van der Waals surface area contributed by atoms with Crippen LogP contribution in [0, 0.1) is 11.8 Å². The van der Waals surface area contributed by atoms with E-state index in [2.05, 4.69) is 22.5 Å². The molecule has 0 atom stereocenters. The summed E-state index contributed by atoms with van der Waals surface area (Å²) in [6.45, 7) is -0.973. The van der Waals surface area contributed by atoms with Crippen molar-refractivity contribution in [2.75, 3.05) is 28.7 Å². The van der Waals surface area contributed by atoms with Crippen LogP contribution in [0.4, 0.5) is 24.5 Å². The Hall–Kier alpha value is -3.19. The van der Waals surface area contributed by atoms with E-state index in [4.69, 9.17) is 0 Å². The number of hydrogen-bond donors (Lipinski definition) is 2. The molecule has 4 rings (SSSR count). The van der Waals surface area contributed by atoms with Gasteiger partial charge < -0.3 is 19.8 Å². The van der Waals surface area contributed by atoms with Crippen molar-refractivity contribution in [3.8, 4) is 11.8 Å². The summed E-state index contributed by atoms with van der Waals surface area (Å²) in [5, 5.41) is 7.09. The molecule has 0 amide bonds. The number of anilines is 2. The van der Waals surface area contributed by atoms with Crippen LogP contribution >= 0.6 is 0 Å². The molecule has 1 aliphatic heterocycles. The van der Waals surface area contributed by atoms with E-state index < -0.39 is 23.5 Å². The number of rotatable bonds is 5. The van der Waals surface area contributed by atoms with Crippen LogP contribution in [0.3, 0.4) is 0 Å². The molecule has 6 nitrogen and oxygen atoms in total. The third-order valence-corrected chi connectivity index (χ3v) is 7.11. The highest BCUT2D eigenvalue weighted by Gasteiger charge is 2.30. The maximum atomic E-state index is 13.4. The van der Waals surface area contributed by atoms with Crippen LogP contribution in [0.2, 0.25) is 0 Å². The summed E-state index contributed by atoms with van der Waals surface area (Å²) in [6, 6.07) is 10.2. The summed E-state index contributed by atoms with van der Waals surface area (Å²) in [5.74, 6) is 6.97. The van der Waals surface area contributed by atoms with E-state index in [1.54, 1.807) is 37.5 Å². The molecule has 0 unspecified atom stereocenters. The Morgan fingerprint density at radius 2 is 1.94 bits per heavy atom. The lowest BCUT2D eigenvalue weighted by Crippen LogP contribution is -2.29. The van der Waals surface area contributed by atoms with E-state index >= 15 is 0 Å². The standard InChI is InChI=1S/C24H25F3N4O2S/c1-30-11-7-18(14-23(30)32)28-10-3-4-19-15-20-21(29-17-8-12-34(33)13-9-17)5-2-6-22(20)31(19)16-24(25,26)27/h2,5-7,11,14-15,17,28-29H,8-10,12-13,16H2,1H3. The van der Waals surface area contributed by atoms with Crippen molar-refractivity contribution >= 4 is 33.1 Å².